The van der Waals surface area contributed by atoms with Crippen molar-refractivity contribution >= 4 is 17.0 Å². The molecule has 3 aromatic rings. The first-order valence-corrected chi connectivity index (χ1v) is 7.07. The van der Waals surface area contributed by atoms with Gasteiger partial charge in [-0.15, -0.1) is 5.10 Å². The Morgan fingerprint density at radius 1 is 1.21 bits per heavy atom. The molecule has 0 aliphatic rings. The van der Waals surface area contributed by atoms with E-state index < -0.39 is 29.1 Å². The molecular weight excluding hydrogens is 323 g/mol. The molecule has 0 saturated heterocycles. The van der Waals surface area contributed by atoms with Crippen LogP contribution in [0.25, 0.3) is 16.7 Å². The van der Waals surface area contributed by atoms with Gasteiger partial charge in [0.15, 0.2) is 11.6 Å². The van der Waals surface area contributed by atoms with Crippen LogP contribution in [0.5, 0.6) is 0 Å². The predicted molar refractivity (Wildman–Crippen MR) is 79.8 cm³/mol. The van der Waals surface area contributed by atoms with E-state index in [0.717, 1.165) is 10.7 Å². The Morgan fingerprint density at radius 2 is 1.92 bits per heavy atom. The molecule has 1 N–H and O–H groups in total. The average Bonchev–Trinajstić information content (AvgIpc) is 2.93. The second kappa shape index (κ2) is 5.63. The zero-order valence-corrected chi connectivity index (χ0v) is 12.7. The van der Waals surface area contributed by atoms with E-state index in [4.69, 9.17) is 0 Å². The summed E-state index contributed by atoms with van der Waals surface area (Å²) >= 11 is 0. The van der Waals surface area contributed by atoms with Crippen molar-refractivity contribution in [2.24, 2.45) is 0 Å². The largest absolute Gasteiger partial charge is 0.478 e. The Bertz CT molecular complexity index is 967. The molecule has 24 heavy (non-hydrogen) atoms. The van der Waals surface area contributed by atoms with Crippen LogP contribution in [0, 0.1) is 17.5 Å². The molecule has 0 fully saturated rings. The van der Waals surface area contributed by atoms with E-state index >= 15 is 0 Å². The van der Waals surface area contributed by atoms with Gasteiger partial charge >= 0.3 is 5.97 Å². The molecule has 2 aromatic carbocycles. The highest BCUT2D eigenvalue weighted by atomic mass is 19.2. The number of carboxylic acids is 1. The second-order valence-corrected chi connectivity index (χ2v) is 5.58. The van der Waals surface area contributed by atoms with Gasteiger partial charge in [-0.2, -0.15) is 0 Å². The fourth-order valence-electron chi connectivity index (χ4n) is 2.66. The zero-order chi connectivity index (χ0) is 17.6. The molecule has 1 aromatic heterocycles. The minimum atomic E-state index is -1.35. The van der Waals surface area contributed by atoms with Crippen molar-refractivity contribution in [1.29, 1.82) is 0 Å². The first-order valence-electron chi connectivity index (χ1n) is 7.07. The second-order valence-electron chi connectivity index (χ2n) is 5.58. The number of hydrogen-bond donors (Lipinski definition) is 1. The third kappa shape index (κ3) is 2.40. The number of carboxylic acid groups (broad SMARTS) is 1. The third-order valence-electron chi connectivity index (χ3n) is 3.67. The maximum absolute atomic E-state index is 14.0. The molecule has 0 amide bonds. The summed E-state index contributed by atoms with van der Waals surface area (Å²) in [6, 6.07) is 3.95. The number of benzene rings is 2. The molecular formula is C16H12F3N3O2. The standard InChI is InChI=1S/C16H12F3N3O2/c1-7(2)13-9(16(23)24)3-4-11-15(13)20-21-22(11)12-6-8(17)5-10(18)14(12)19/h3-7H,1-2H3,(H,23,24). The Morgan fingerprint density at radius 3 is 2.54 bits per heavy atom. The molecule has 124 valence electrons. The van der Waals surface area contributed by atoms with Gasteiger partial charge in [-0.1, -0.05) is 19.1 Å². The number of aromatic nitrogens is 3. The van der Waals surface area contributed by atoms with Gasteiger partial charge in [0.2, 0.25) is 0 Å². The summed E-state index contributed by atoms with van der Waals surface area (Å²) in [5.41, 5.74) is 0.535. The monoisotopic (exact) mass is 335 g/mol. The van der Waals surface area contributed by atoms with Gasteiger partial charge in [0.25, 0.3) is 0 Å². The summed E-state index contributed by atoms with van der Waals surface area (Å²) in [6.07, 6.45) is 0. The van der Waals surface area contributed by atoms with Crippen LogP contribution in [0.15, 0.2) is 24.3 Å². The van der Waals surface area contributed by atoms with Crippen molar-refractivity contribution in [1.82, 2.24) is 15.0 Å². The maximum atomic E-state index is 14.0. The molecule has 0 atom stereocenters. The highest BCUT2D eigenvalue weighted by Crippen LogP contribution is 2.30. The van der Waals surface area contributed by atoms with Gasteiger partial charge in [0, 0.05) is 12.1 Å². The first-order chi connectivity index (χ1) is 11.3. The van der Waals surface area contributed by atoms with Gasteiger partial charge in [-0.25, -0.2) is 22.6 Å². The highest BCUT2D eigenvalue weighted by molar-refractivity contribution is 5.96. The predicted octanol–water partition coefficient (Wildman–Crippen LogP) is 3.66. The fourth-order valence-corrected chi connectivity index (χ4v) is 2.66. The Labute approximate surface area is 134 Å². The number of rotatable bonds is 3. The van der Waals surface area contributed by atoms with E-state index in [2.05, 4.69) is 10.3 Å². The molecule has 5 nitrogen and oxygen atoms in total. The van der Waals surface area contributed by atoms with Crippen molar-refractivity contribution in [2.45, 2.75) is 19.8 Å². The SMILES string of the molecule is CC(C)c1c(C(=O)O)ccc2c1nnn2-c1cc(F)cc(F)c1F. The lowest BCUT2D eigenvalue weighted by molar-refractivity contribution is 0.0695. The number of halogens is 3. The van der Waals surface area contributed by atoms with E-state index in [0.29, 0.717) is 11.6 Å². The lowest BCUT2D eigenvalue weighted by atomic mass is 9.95. The Kier molecular flexibility index (Phi) is 3.75. The summed E-state index contributed by atoms with van der Waals surface area (Å²) in [6.45, 7) is 3.56. The van der Waals surface area contributed by atoms with Gasteiger partial charge in [-0.05, 0) is 23.6 Å². The Hall–Kier alpha value is -2.90. The zero-order valence-electron chi connectivity index (χ0n) is 12.7. The molecule has 0 bridgehead atoms. The number of hydrogen-bond acceptors (Lipinski definition) is 3. The molecule has 8 heteroatoms. The summed E-state index contributed by atoms with van der Waals surface area (Å²) in [4.78, 5) is 11.4. The van der Waals surface area contributed by atoms with Crippen molar-refractivity contribution in [2.75, 3.05) is 0 Å². The normalized spacial score (nSPS) is 11.4. The average molecular weight is 335 g/mol. The lowest BCUT2D eigenvalue weighted by Gasteiger charge is -2.11. The molecule has 0 saturated carbocycles. The molecule has 3 rings (SSSR count). The van der Waals surface area contributed by atoms with Gasteiger partial charge < -0.3 is 5.11 Å². The van der Waals surface area contributed by atoms with E-state index in [1.807, 2.05) is 0 Å². The van der Waals surface area contributed by atoms with Crippen molar-refractivity contribution in [3.63, 3.8) is 0 Å². The van der Waals surface area contributed by atoms with Gasteiger partial charge in [0.1, 0.15) is 17.0 Å². The topological polar surface area (TPSA) is 68.0 Å². The Balaban J connectivity index is 2.34. The summed E-state index contributed by atoms with van der Waals surface area (Å²) in [7, 11) is 0. The van der Waals surface area contributed by atoms with Crippen LogP contribution in [-0.2, 0) is 0 Å². The number of aromatic carboxylic acids is 1. The minimum Gasteiger partial charge on any atom is -0.478 e. The van der Waals surface area contributed by atoms with E-state index in [-0.39, 0.29) is 22.5 Å². The van der Waals surface area contributed by atoms with E-state index in [9.17, 15) is 23.1 Å². The maximum Gasteiger partial charge on any atom is 0.336 e. The number of carbonyl (C=O) groups is 1. The van der Waals surface area contributed by atoms with Crippen molar-refractivity contribution < 1.29 is 23.1 Å². The van der Waals surface area contributed by atoms with Crippen LogP contribution in [-0.4, -0.2) is 26.1 Å². The molecule has 1 heterocycles. The number of nitrogens with zero attached hydrogens (tertiary/aromatic N) is 3. The first kappa shape index (κ1) is 16.0. The van der Waals surface area contributed by atoms with E-state index in [1.165, 1.54) is 12.1 Å². The van der Waals surface area contributed by atoms with Crippen molar-refractivity contribution in [3.8, 4) is 5.69 Å². The summed E-state index contributed by atoms with van der Waals surface area (Å²) < 4.78 is 41.9. The molecule has 0 spiro atoms. The van der Waals surface area contributed by atoms with Crippen LogP contribution in [0.1, 0.15) is 35.7 Å². The smallest absolute Gasteiger partial charge is 0.336 e. The van der Waals surface area contributed by atoms with Gasteiger partial charge in [0.05, 0.1) is 11.1 Å². The van der Waals surface area contributed by atoms with Crippen LogP contribution in [0.4, 0.5) is 13.2 Å². The molecule has 0 unspecified atom stereocenters. The third-order valence-corrected chi connectivity index (χ3v) is 3.67. The molecule has 0 aliphatic carbocycles. The number of fused-ring (bicyclic) bond motifs is 1. The summed E-state index contributed by atoms with van der Waals surface area (Å²) in [5.74, 6) is -4.90. The highest BCUT2D eigenvalue weighted by Gasteiger charge is 2.22. The molecule has 0 aliphatic heterocycles. The molecule has 0 radical (unpaired) electrons. The van der Waals surface area contributed by atoms with Crippen LogP contribution in [0.3, 0.4) is 0 Å². The quantitative estimate of drug-likeness (QED) is 0.742. The van der Waals surface area contributed by atoms with Crippen LogP contribution >= 0.6 is 0 Å². The fraction of sp³-hybridized carbons (Fsp3) is 0.188. The van der Waals surface area contributed by atoms with Crippen LogP contribution < -0.4 is 0 Å². The lowest BCUT2D eigenvalue weighted by Crippen LogP contribution is -2.06. The van der Waals surface area contributed by atoms with Crippen molar-refractivity contribution in [3.05, 3.63) is 52.8 Å². The van der Waals surface area contributed by atoms with Gasteiger partial charge in [-0.3, -0.25) is 0 Å². The van der Waals surface area contributed by atoms with E-state index in [1.54, 1.807) is 13.8 Å². The minimum absolute atomic E-state index is 0.0513. The summed E-state index contributed by atoms with van der Waals surface area (Å²) in [5, 5.41) is 17.0. The van der Waals surface area contributed by atoms with Crippen LogP contribution in [0.2, 0.25) is 0 Å².